The number of carbonyl (C=O) groups excluding carboxylic acids is 1. The summed E-state index contributed by atoms with van der Waals surface area (Å²) in [5.41, 5.74) is 0. The lowest BCUT2D eigenvalue weighted by Crippen LogP contribution is -2.37. The Morgan fingerprint density at radius 1 is 1.33 bits per heavy atom. The smallest absolute Gasteiger partial charge is 0.220 e. The van der Waals surface area contributed by atoms with Gasteiger partial charge in [0.1, 0.15) is 0 Å². The van der Waals surface area contributed by atoms with Gasteiger partial charge in [0.15, 0.2) is 0 Å². The van der Waals surface area contributed by atoms with E-state index in [-0.39, 0.29) is 24.7 Å². The average molecular weight is 255 g/mol. The van der Waals surface area contributed by atoms with Crippen molar-refractivity contribution in [3.8, 4) is 0 Å². The fraction of sp³-hybridized carbons (Fsp3) is 0.929. The average Bonchev–Trinajstić information content (AvgIpc) is 3.21. The van der Waals surface area contributed by atoms with E-state index < -0.39 is 0 Å². The summed E-state index contributed by atoms with van der Waals surface area (Å²) in [6.45, 7) is 1.01. The van der Waals surface area contributed by atoms with Crippen LogP contribution < -0.4 is 5.32 Å². The van der Waals surface area contributed by atoms with Crippen molar-refractivity contribution in [3.05, 3.63) is 0 Å². The van der Waals surface area contributed by atoms with Crippen molar-refractivity contribution in [1.82, 2.24) is 5.32 Å². The third-order valence-electron chi connectivity index (χ3n) is 3.94. The molecule has 1 amide bonds. The molecule has 1 saturated heterocycles. The lowest BCUT2D eigenvalue weighted by Gasteiger charge is -2.23. The van der Waals surface area contributed by atoms with Gasteiger partial charge in [-0.2, -0.15) is 0 Å². The van der Waals surface area contributed by atoms with Crippen LogP contribution in [0.5, 0.6) is 0 Å². The lowest BCUT2D eigenvalue weighted by atomic mass is 10.0. The number of hydrogen-bond acceptors (Lipinski definition) is 3. The van der Waals surface area contributed by atoms with E-state index in [9.17, 15) is 4.79 Å². The maximum atomic E-state index is 11.9. The zero-order valence-electron chi connectivity index (χ0n) is 11.1. The number of amides is 1. The van der Waals surface area contributed by atoms with E-state index in [2.05, 4.69) is 5.32 Å². The molecule has 2 N–H and O–H groups in total. The van der Waals surface area contributed by atoms with Crippen molar-refractivity contribution in [2.24, 2.45) is 5.92 Å². The van der Waals surface area contributed by atoms with Crippen molar-refractivity contribution < 1.29 is 14.6 Å². The van der Waals surface area contributed by atoms with Crippen molar-refractivity contribution in [2.45, 2.75) is 63.5 Å². The number of ether oxygens (including phenoxy) is 1. The molecule has 1 saturated carbocycles. The molecule has 2 rings (SSSR count). The highest BCUT2D eigenvalue weighted by atomic mass is 16.5. The molecule has 1 aliphatic carbocycles. The number of rotatable bonds is 7. The molecule has 0 aromatic rings. The molecular formula is C14H25NO3. The second-order valence-electron chi connectivity index (χ2n) is 5.55. The third-order valence-corrected chi connectivity index (χ3v) is 3.94. The van der Waals surface area contributed by atoms with Crippen molar-refractivity contribution in [2.75, 3.05) is 13.2 Å². The molecule has 0 aromatic heterocycles. The topological polar surface area (TPSA) is 58.6 Å². The molecule has 0 radical (unpaired) electrons. The summed E-state index contributed by atoms with van der Waals surface area (Å²) in [5, 5.41) is 12.1. The molecule has 2 unspecified atom stereocenters. The number of carbonyl (C=O) groups is 1. The fourth-order valence-electron chi connectivity index (χ4n) is 2.67. The maximum absolute atomic E-state index is 11.9. The fourth-order valence-corrected chi connectivity index (χ4v) is 2.67. The van der Waals surface area contributed by atoms with Crippen LogP contribution in [0.15, 0.2) is 0 Å². The summed E-state index contributed by atoms with van der Waals surface area (Å²) in [4.78, 5) is 11.9. The molecule has 0 aromatic carbocycles. The van der Waals surface area contributed by atoms with Gasteiger partial charge >= 0.3 is 0 Å². The van der Waals surface area contributed by atoms with Crippen molar-refractivity contribution in [1.29, 1.82) is 0 Å². The standard InChI is InChI=1S/C14H25NO3/c16-9-8-13(11-4-5-11)15-14(17)7-6-12-3-1-2-10-18-12/h11-13,16H,1-10H2,(H,15,17). The van der Waals surface area contributed by atoms with Crippen LogP contribution in [0.2, 0.25) is 0 Å². The van der Waals surface area contributed by atoms with Crippen LogP contribution in [0, 0.1) is 5.92 Å². The van der Waals surface area contributed by atoms with Gasteiger partial charge < -0.3 is 15.2 Å². The minimum atomic E-state index is 0.120. The lowest BCUT2D eigenvalue weighted by molar-refractivity contribution is -0.123. The Bertz CT molecular complexity index is 260. The van der Waals surface area contributed by atoms with Gasteiger partial charge in [0.05, 0.1) is 6.10 Å². The summed E-state index contributed by atoms with van der Waals surface area (Å²) >= 11 is 0. The Labute approximate surface area is 109 Å². The predicted molar refractivity (Wildman–Crippen MR) is 69.2 cm³/mol. The first kappa shape index (κ1) is 13.8. The van der Waals surface area contributed by atoms with E-state index in [4.69, 9.17) is 9.84 Å². The highest BCUT2D eigenvalue weighted by Crippen LogP contribution is 2.34. The SMILES string of the molecule is O=C(CCC1CCCCO1)NC(CCO)C1CC1. The van der Waals surface area contributed by atoms with Crippen LogP contribution in [0.1, 0.15) is 51.4 Å². The minimum Gasteiger partial charge on any atom is -0.396 e. The quantitative estimate of drug-likeness (QED) is 0.726. The Morgan fingerprint density at radius 3 is 2.78 bits per heavy atom. The first-order valence-corrected chi connectivity index (χ1v) is 7.31. The van der Waals surface area contributed by atoms with Gasteiger partial charge in [-0.1, -0.05) is 0 Å². The first-order chi connectivity index (χ1) is 8.79. The number of aliphatic hydroxyl groups is 1. The van der Waals surface area contributed by atoms with Crippen molar-refractivity contribution in [3.63, 3.8) is 0 Å². The van der Waals surface area contributed by atoms with Crippen LogP contribution in [0.3, 0.4) is 0 Å². The number of hydrogen-bond donors (Lipinski definition) is 2. The third kappa shape index (κ3) is 4.58. The van der Waals surface area contributed by atoms with Gasteiger partial charge in [0.25, 0.3) is 0 Å². The maximum Gasteiger partial charge on any atom is 0.220 e. The van der Waals surface area contributed by atoms with E-state index in [1.807, 2.05) is 0 Å². The summed E-state index contributed by atoms with van der Waals surface area (Å²) in [5.74, 6) is 0.724. The number of aliphatic hydroxyl groups excluding tert-OH is 1. The Balaban J connectivity index is 1.63. The molecule has 104 valence electrons. The Hall–Kier alpha value is -0.610. The molecule has 4 nitrogen and oxygen atoms in total. The molecule has 0 spiro atoms. The largest absolute Gasteiger partial charge is 0.396 e. The second kappa shape index (κ2) is 7.10. The van der Waals surface area contributed by atoms with E-state index in [0.717, 1.165) is 25.9 Å². The zero-order chi connectivity index (χ0) is 12.8. The molecule has 2 fully saturated rings. The van der Waals surface area contributed by atoms with Crippen LogP contribution in [0.25, 0.3) is 0 Å². The van der Waals surface area contributed by atoms with Gasteiger partial charge in [0, 0.05) is 25.7 Å². The van der Waals surface area contributed by atoms with E-state index in [0.29, 0.717) is 18.8 Å². The van der Waals surface area contributed by atoms with Crippen LogP contribution in [-0.2, 0) is 9.53 Å². The van der Waals surface area contributed by atoms with Gasteiger partial charge in [-0.3, -0.25) is 4.79 Å². The van der Waals surface area contributed by atoms with Crippen LogP contribution in [-0.4, -0.2) is 36.4 Å². The molecule has 18 heavy (non-hydrogen) atoms. The zero-order valence-corrected chi connectivity index (χ0v) is 11.1. The van der Waals surface area contributed by atoms with Crippen LogP contribution >= 0.6 is 0 Å². The Kier molecular flexibility index (Phi) is 5.45. The van der Waals surface area contributed by atoms with Crippen LogP contribution in [0.4, 0.5) is 0 Å². The van der Waals surface area contributed by atoms with E-state index in [1.165, 1.54) is 19.3 Å². The molecule has 1 heterocycles. The summed E-state index contributed by atoms with van der Waals surface area (Å²) in [6.07, 6.45) is 8.22. The molecule has 2 aliphatic rings. The molecular weight excluding hydrogens is 230 g/mol. The monoisotopic (exact) mass is 255 g/mol. The molecule has 1 aliphatic heterocycles. The molecule has 4 heteroatoms. The Morgan fingerprint density at radius 2 is 2.17 bits per heavy atom. The van der Waals surface area contributed by atoms with Gasteiger partial charge in [-0.25, -0.2) is 0 Å². The number of nitrogens with one attached hydrogen (secondary N) is 1. The summed E-state index contributed by atoms with van der Waals surface area (Å²) < 4.78 is 5.62. The second-order valence-corrected chi connectivity index (χ2v) is 5.55. The molecule has 2 atom stereocenters. The van der Waals surface area contributed by atoms with Gasteiger partial charge in [-0.15, -0.1) is 0 Å². The normalized spacial score (nSPS) is 25.7. The van der Waals surface area contributed by atoms with E-state index >= 15 is 0 Å². The van der Waals surface area contributed by atoms with Crippen molar-refractivity contribution >= 4 is 5.91 Å². The highest BCUT2D eigenvalue weighted by Gasteiger charge is 2.31. The highest BCUT2D eigenvalue weighted by molar-refractivity contribution is 5.76. The molecule has 0 bridgehead atoms. The predicted octanol–water partition coefficient (Wildman–Crippen LogP) is 1.61. The summed E-state index contributed by atoms with van der Waals surface area (Å²) in [6, 6.07) is 0.190. The minimum absolute atomic E-state index is 0.120. The van der Waals surface area contributed by atoms with E-state index in [1.54, 1.807) is 0 Å². The van der Waals surface area contributed by atoms with Gasteiger partial charge in [0.2, 0.25) is 5.91 Å². The first-order valence-electron chi connectivity index (χ1n) is 7.31. The van der Waals surface area contributed by atoms with Gasteiger partial charge in [-0.05, 0) is 50.9 Å². The summed E-state index contributed by atoms with van der Waals surface area (Å²) in [7, 11) is 0.